The average Bonchev–Trinajstić information content (AvgIpc) is 2.50. The summed E-state index contributed by atoms with van der Waals surface area (Å²) in [6.07, 6.45) is 1.99. The normalized spacial score (nSPS) is 13.2. The van der Waals surface area contributed by atoms with Gasteiger partial charge in [0.15, 0.2) is 0 Å². The highest BCUT2D eigenvalue weighted by atomic mass is 14.9. The van der Waals surface area contributed by atoms with E-state index in [1.165, 1.54) is 0 Å². The van der Waals surface area contributed by atoms with Gasteiger partial charge < -0.3 is 0 Å². The van der Waals surface area contributed by atoms with Gasteiger partial charge in [0.2, 0.25) is 0 Å². The first-order valence-electron chi connectivity index (χ1n) is 7.12. The molecule has 0 spiro atoms. The zero-order chi connectivity index (χ0) is 14.8. The molecule has 1 rings (SSSR count). The predicted octanol–water partition coefficient (Wildman–Crippen LogP) is 2.82. The molecule has 0 aliphatic heterocycles. The van der Waals surface area contributed by atoms with Crippen molar-refractivity contribution in [3.63, 3.8) is 0 Å². The largest absolute Gasteiger partial charge is 0.298 e. The first kappa shape index (κ1) is 16.2. The van der Waals surface area contributed by atoms with E-state index in [0.29, 0.717) is 0 Å². The molecule has 0 aliphatic rings. The highest BCUT2D eigenvalue weighted by Crippen LogP contribution is 2.17. The maximum Gasteiger partial charge on any atom is 0.121 e. The van der Waals surface area contributed by atoms with E-state index in [2.05, 4.69) is 36.6 Å². The zero-order valence-corrected chi connectivity index (χ0v) is 12.2. The van der Waals surface area contributed by atoms with E-state index in [1.54, 1.807) is 0 Å². The first-order valence-corrected chi connectivity index (χ1v) is 7.12. The molecule has 0 amide bonds. The molecule has 1 aromatic rings. The predicted molar refractivity (Wildman–Crippen MR) is 79.7 cm³/mol. The third-order valence-electron chi connectivity index (χ3n) is 3.06. The summed E-state index contributed by atoms with van der Waals surface area (Å²) in [5.41, 5.74) is 1.88. The van der Waals surface area contributed by atoms with E-state index in [-0.39, 0.29) is 12.1 Å². The van der Waals surface area contributed by atoms with Crippen LogP contribution in [0.15, 0.2) is 24.3 Å². The molecule has 0 unspecified atom stereocenters. The minimum atomic E-state index is -0.284. The number of rotatable bonds is 8. The Labute approximate surface area is 121 Å². The van der Waals surface area contributed by atoms with Gasteiger partial charge in [0, 0.05) is 0 Å². The Hall–Kier alpha value is -1.88. The topological polar surface area (TPSA) is 71.6 Å². The molecule has 0 saturated carbocycles. The van der Waals surface area contributed by atoms with Crippen LogP contribution in [0.3, 0.4) is 0 Å². The van der Waals surface area contributed by atoms with Crippen molar-refractivity contribution in [2.75, 3.05) is 13.1 Å². The maximum atomic E-state index is 9.17. The summed E-state index contributed by atoms with van der Waals surface area (Å²) in [5, 5.41) is 24.7. The third-order valence-corrected chi connectivity index (χ3v) is 3.06. The lowest BCUT2D eigenvalue weighted by molar-refractivity contribution is 0.614. The Bertz CT molecular complexity index is 422. The van der Waals surface area contributed by atoms with Gasteiger partial charge in [-0.25, -0.2) is 0 Å². The van der Waals surface area contributed by atoms with Crippen molar-refractivity contribution in [2.45, 2.75) is 38.8 Å². The fraction of sp³-hybridized carbons (Fsp3) is 0.500. The van der Waals surface area contributed by atoms with Crippen molar-refractivity contribution < 1.29 is 0 Å². The number of nitrogens with one attached hydrogen (secondary N) is 2. The zero-order valence-electron chi connectivity index (χ0n) is 12.2. The van der Waals surface area contributed by atoms with Crippen LogP contribution in [0, 0.1) is 22.7 Å². The molecule has 0 aliphatic carbocycles. The monoisotopic (exact) mass is 270 g/mol. The van der Waals surface area contributed by atoms with Crippen LogP contribution in [0.4, 0.5) is 0 Å². The fourth-order valence-corrected chi connectivity index (χ4v) is 1.93. The summed E-state index contributed by atoms with van der Waals surface area (Å²) in [4.78, 5) is 0. The molecule has 4 nitrogen and oxygen atoms in total. The van der Waals surface area contributed by atoms with Gasteiger partial charge in [-0.15, -0.1) is 0 Å². The lowest BCUT2D eigenvalue weighted by atomic mass is 10.0. The summed E-state index contributed by atoms with van der Waals surface area (Å²) in [6.45, 7) is 5.78. The van der Waals surface area contributed by atoms with E-state index in [4.69, 9.17) is 10.5 Å². The van der Waals surface area contributed by atoms with Crippen molar-refractivity contribution in [3.05, 3.63) is 35.4 Å². The second-order valence-corrected chi connectivity index (χ2v) is 4.70. The van der Waals surface area contributed by atoms with Crippen molar-refractivity contribution in [1.29, 1.82) is 10.5 Å². The highest BCUT2D eigenvalue weighted by Gasteiger charge is 2.12. The smallest absolute Gasteiger partial charge is 0.121 e. The van der Waals surface area contributed by atoms with Crippen LogP contribution >= 0.6 is 0 Å². The molecule has 0 aromatic heterocycles. The molecule has 20 heavy (non-hydrogen) atoms. The lowest BCUT2D eigenvalue weighted by Crippen LogP contribution is -2.22. The van der Waals surface area contributed by atoms with E-state index < -0.39 is 0 Å². The van der Waals surface area contributed by atoms with Crippen molar-refractivity contribution >= 4 is 0 Å². The molecule has 2 atom stereocenters. The van der Waals surface area contributed by atoms with Gasteiger partial charge >= 0.3 is 0 Å². The van der Waals surface area contributed by atoms with E-state index in [0.717, 1.165) is 37.1 Å². The van der Waals surface area contributed by atoms with Crippen LogP contribution in [-0.4, -0.2) is 13.1 Å². The molecule has 0 saturated heterocycles. The third kappa shape index (κ3) is 4.66. The van der Waals surface area contributed by atoms with Gasteiger partial charge in [0.25, 0.3) is 0 Å². The molecule has 0 fully saturated rings. The van der Waals surface area contributed by atoms with Crippen LogP contribution in [0.2, 0.25) is 0 Å². The molecule has 2 N–H and O–H groups in total. The van der Waals surface area contributed by atoms with Gasteiger partial charge in [-0.2, -0.15) is 10.5 Å². The van der Waals surface area contributed by atoms with Crippen molar-refractivity contribution in [2.24, 2.45) is 0 Å². The lowest BCUT2D eigenvalue weighted by Gasteiger charge is -2.14. The quantitative estimate of drug-likeness (QED) is 0.762. The molecule has 0 heterocycles. The summed E-state index contributed by atoms with van der Waals surface area (Å²) < 4.78 is 0. The van der Waals surface area contributed by atoms with Gasteiger partial charge in [0.05, 0.1) is 12.1 Å². The molecule has 106 valence electrons. The van der Waals surface area contributed by atoms with Gasteiger partial charge in [0.1, 0.15) is 12.1 Å². The Morgan fingerprint density at radius 1 is 0.850 bits per heavy atom. The standard InChI is InChI=1S/C16H22N4/c1-3-9-19-15(11-17)13-5-7-14(8-6-13)16(12-18)20-10-4-2/h5-8,15-16,19-20H,3-4,9-10H2,1-2H3/t15-,16-/m1/s1. The number of hydrogen-bond donors (Lipinski definition) is 2. The Kier molecular flexibility index (Phi) is 7.35. The summed E-state index contributed by atoms with van der Waals surface area (Å²) >= 11 is 0. The van der Waals surface area contributed by atoms with Gasteiger partial charge in [-0.05, 0) is 37.1 Å². The van der Waals surface area contributed by atoms with Crippen molar-refractivity contribution in [3.8, 4) is 12.1 Å². The van der Waals surface area contributed by atoms with Gasteiger partial charge in [-0.3, -0.25) is 10.6 Å². The maximum absolute atomic E-state index is 9.17. The van der Waals surface area contributed by atoms with E-state index in [9.17, 15) is 0 Å². The molecular formula is C16H22N4. The summed E-state index contributed by atoms with van der Waals surface area (Å²) in [7, 11) is 0. The van der Waals surface area contributed by atoms with Gasteiger partial charge in [-0.1, -0.05) is 38.1 Å². The Morgan fingerprint density at radius 2 is 1.20 bits per heavy atom. The second-order valence-electron chi connectivity index (χ2n) is 4.70. The Balaban J connectivity index is 2.76. The number of nitriles is 2. The minimum Gasteiger partial charge on any atom is -0.298 e. The molecule has 4 heteroatoms. The number of benzene rings is 1. The molecular weight excluding hydrogens is 248 g/mol. The molecule has 0 radical (unpaired) electrons. The number of nitrogens with zero attached hydrogens (tertiary/aromatic N) is 2. The summed E-state index contributed by atoms with van der Waals surface area (Å²) in [5.74, 6) is 0. The van der Waals surface area contributed by atoms with Crippen LogP contribution in [0.5, 0.6) is 0 Å². The fourth-order valence-electron chi connectivity index (χ4n) is 1.93. The SMILES string of the molecule is CCCN[C@H](C#N)c1ccc([C@@H](C#N)NCCC)cc1. The number of hydrogen-bond acceptors (Lipinski definition) is 4. The van der Waals surface area contributed by atoms with Crippen LogP contribution in [0.25, 0.3) is 0 Å². The molecule has 0 bridgehead atoms. The average molecular weight is 270 g/mol. The highest BCUT2D eigenvalue weighted by molar-refractivity contribution is 5.31. The summed E-state index contributed by atoms with van der Waals surface area (Å²) in [6, 6.07) is 11.6. The van der Waals surface area contributed by atoms with E-state index in [1.807, 2.05) is 24.3 Å². The van der Waals surface area contributed by atoms with Crippen LogP contribution in [-0.2, 0) is 0 Å². The van der Waals surface area contributed by atoms with Crippen LogP contribution in [0.1, 0.15) is 49.9 Å². The minimum absolute atomic E-state index is 0.284. The first-order chi connectivity index (χ1) is 9.76. The van der Waals surface area contributed by atoms with Crippen LogP contribution < -0.4 is 10.6 Å². The van der Waals surface area contributed by atoms with Crippen molar-refractivity contribution in [1.82, 2.24) is 10.6 Å². The Morgan fingerprint density at radius 3 is 1.45 bits per heavy atom. The second kappa shape index (κ2) is 9.09. The molecule has 1 aromatic carbocycles. The van der Waals surface area contributed by atoms with E-state index >= 15 is 0 Å².